The zero-order valence-electron chi connectivity index (χ0n) is 11.6. The summed E-state index contributed by atoms with van der Waals surface area (Å²) in [6.07, 6.45) is 6.62. The Kier molecular flexibility index (Phi) is 5.06. The van der Waals surface area contributed by atoms with Gasteiger partial charge in [0.1, 0.15) is 5.75 Å². The maximum Gasteiger partial charge on any atom is 0.119 e. The monoisotopic (exact) mass is 247 g/mol. The van der Waals surface area contributed by atoms with Crippen LogP contribution in [0.15, 0.2) is 24.3 Å². The molecule has 1 saturated carbocycles. The molecule has 1 aromatic rings. The molecule has 2 nitrogen and oxygen atoms in total. The molecule has 0 heterocycles. The summed E-state index contributed by atoms with van der Waals surface area (Å²) in [7, 11) is 1.72. The fraction of sp³-hybridized carbons (Fsp3) is 0.625. The Hall–Kier alpha value is -1.02. The van der Waals surface area contributed by atoms with Crippen molar-refractivity contribution in [3.8, 4) is 5.75 Å². The molecular weight excluding hydrogens is 222 g/mol. The van der Waals surface area contributed by atoms with Gasteiger partial charge in [0, 0.05) is 6.04 Å². The van der Waals surface area contributed by atoms with Crippen LogP contribution >= 0.6 is 0 Å². The van der Waals surface area contributed by atoms with Crippen LogP contribution < -0.4 is 10.1 Å². The van der Waals surface area contributed by atoms with E-state index in [9.17, 15) is 0 Å². The zero-order valence-corrected chi connectivity index (χ0v) is 11.6. The van der Waals surface area contributed by atoms with Crippen LogP contribution in [-0.4, -0.2) is 19.7 Å². The molecule has 2 unspecified atom stereocenters. The van der Waals surface area contributed by atoms with Gasteiger partial charge in [0.2, 0.25) is 0 Å². The van der Waals surface area contributed by atoms with Crippen LogP contribution in [0.4, 0.5) is 0 Å². The molecular formula is C16H25NO. The third-order valence-electron chi connectivity index (χ3n) is 4.07. The first-order valence-electron chi connectivity index (χ1n) is 7.16. The SMILES string of the molecule is COc1cccc(CCNC2CCCCC2C)c1. The van der Waals surface area contributed by atoms with E-state index < -0.39 is 0 Å². The molecule has 100 valence electrons. The van der Waals surface area contributed by atoms with Crippen LogP contribution in [0.3, 0.4) is 0 Å². The van der Waals surface area contributed by atoms with Gasteiger partial charge in [0.05, 0.1) is 7.11 Å². The highest BCUT2D eigenvalue weighted by Gasteiger charge is 2.19. The van der Waals surface area contributed by atoms with Crippen LogP contribution in [-0.2, 0) is 6.42 Å². The number of rotatable bonds is 5. The summed E-state index contributed by atoms with van der Waals surface area (Å²) in [5, 5.41) is 3.72. The zero-order chi connectivity index (χ0) is 12.8. The summed E-state index contributed by atoms with van der Waals surface area (Å²) in [6, 6.07) is 9.10. The highest BCUT2D eigenvalue weighted by atomic mass is 16.5. The minimum Gasteiger partial charge on any atom is -0.497 e. The van der Waals surface area contributed by atoms with Crippen LogP contribution in [0.1, 0.15) is 38.2 Å². The number of nitrogens with one attached hydrogen (secondary N) is 1. The molecule has 2 heteroatoms. The van der Waals surface area contributed by atoms with Gasteiger partial charge in [-0.15, -0.1) is 0 Å². The van der Waals surface area contributed by atoms with E-state index in [1.165, 1.54) is 31.2 Å². The second-order valence-corrected chi connectivity index (χ2v) is 5.42. The Labute approximate surface area is 111 Å². The summed E-state index contributed by atoms with van der Waals surface area (Å²) in [5.41, 5.74) is 1.35. The number of hydrogen-bond acceptors (Lipinski definition) is 2. The van der Waals surface area contributed by atoms with Crippen LogP contribution in [0, 0.1) is 5.92 Å². The average molecular weight is 247 g/mol. The molecule has 0 aliphatic heterocycles. The largest absolute Gasteiger partial charge is 0.497 e. The van der Waals surface area contributed by atoms with Gasteiger partial charge in [-0.25, -0.2) is 0 Å². The van der Waals surface area contributed by atoms with E-state index in [0.717, 1.165) is 30.7 Å². The third-order valence-corrected chi connectivity index (χ3v) is 4.07. The molecule has 0 radical (unpaired) electrons. The normalized spacial score (nSPS) is 23.9. The Morgan fingerprint density at radius 1 is 1.28 bits per heavy atom. The van der Waals surface area contributed by atoms with Crippen molar-refractivity contribution in [1.29, 1.82) is 0 Å². The van der Waals surface area contributed by atoms with Crippen molar-refractivity contribution in [2.24, 2.45) is 5.92 Å². The molecule has 1 fully saturated rings. The predicted octanol–water partition coefficient (Wildman–Crippen LogP) is 3.41. The van der Waals surface area contributed by atoms with Crippen molar-refractivity contribution in [2.45, 2.75) is 45.1 Å². The second-order valence-electron chi connectivity index (χ2n) is 5.42. The van der Waals surface area contributed by atoms with Crippen molar-refractivity contribution < 1.29 is 4.74 Å². The van der Waals surface area contributed by atoms with E-state index in [4.69, 9.17) is 4.74 Å². The lowest BCUT2D eigenvalue weighted by atomic mass is 9.86. The fourth-order valence-electron chi connectivity index (χ4n) is 2.85. The molecule has 1 aliphatic carbocycles. The first-order valence-corrected chi connectivity index (χ1v) is 7.16. The van der Waals surface area contributed by atoms with Crippen LogP contribution in [0.25, 0.3) is 0 Å². The Morgan fingerprint density at radius 3 is 2.89 bits per heavy atom. The third kappa shape index (κ3) is 3.74. The lowest BCUT2D eigenvalue weighted by Gasteiger charge is -2.29. The smallest absolute Gasteiger partial charge is 0.119 e. The maximum absolute atomic E-state index is 5.25. The number of benzene rings is 1. The van der Waals surface area contributed by atoms with Gasteiger partial charge in [-0.3, -0.25) is 0 Å². The van der Waals surface area contributed by atoms with Gasteiger partial charge in [-0.2, -0.15) is 0 Å². The first-order chi connectivity index (χ1) is 8.79. The highest BCUT2D eigenvalue weighted by Crippen LogP contribution is 2.23. The second kappa shape index (κ2) is 6.79. The minimum atomic E-state index is 0.726. The standard InChI is InChI=1S/C16H25NO/c1-13-6-3-4-9-16(13)17-11-10-14-7-5-8-15(12-14)18-2/h5,7-8,12-13,16-17H,3-4,6,9-11H2,1-2H3. The van der Waals surface area contributed by atoms with Crippen molar-refractivity contribution in [3.63, 3.8) is 0 Å². The minimum absolute atomic E-state index is 0.726. The lowest BCUT2D eigenvalue weighted by Crippen LogP contribution is -2.38. The van der Waals surface area contributed by atoms with Gasteiger partial charge in [0.25, 0.3) is 0 Å². The summed E-state index contributed by atoms with van der Waals surface area (Å²) in [4.78, 5) is 0. The molecule has 2 rings (SSSR count). The average Bonchev–Trinajstić information content (AvgIpc) is 2.41. The summed E-state index contributed by atoms with van der Waals surface area (Å²) in [6.45, 7) is 3.45. The van der Waals surface area contributed by atoms with Crippen LogP contribution in [0.5, 0.6) is 5.75 Å². The summed E-state index contributed by atoms with van der Waals surface area (Å²) < 4.78 is 5.25. The molecule has 0 bridgehead atoms. The molecule has 1 aliphatic rings. The van der Waals surface area contributed by atoms with E-state index >= 15 is 0 Å². The fourth-order valence-corrected chi connectivity index (χ4v) is 2.85. The van der Waals surface area contributed by atoms with E-state index in [0.29, 0.717) is 0 Å². The van der Waals surface area contributed by atoms with Gasteiger partial charge in [0.15, 0.2) is 0 Å². The van der Waals surface area contributed by atoms with Crippen molar-refractivity contribution >= 4 is 0 Å². The topological polar surface area (TPSA) is 21.3 Å². The van der Waals surface area contributed by atoms with Gasteiger partial charge in [-0.1, -0.05) is 31.9 Å². The highest BCUT2D eigenvalue weighted by molar-refractivity contribution is 5.28. The molecule has 1 aromatic carbocycles. The summed E-state index contributed by atoms with van der Waals surface area (Å²) in [5.74, 6) is 1.79. The Morgan fingerprint density at radius 2 is 2.11 bits per heavy atom. The van der Waals surface area contributed by atoms with Crippen molar-refractivity contribution in [3.05, 3.63) is 29.8 Å². The van der Waals surface area contributed by atoms with E-state index in [2.05, 4.69) is 30.4 Å². The lowest BCUT2D eigenvalue weighted by molar-refractivity contribution is 0.282. The quantitative estimate of drug-likeness (QED) is 0.861. The van der Waals surface area contributed by atoms with Crippen LogP contribution in [0.2, 0.25) is 0 Å². The number of hydrogen-bond donors (Lipinski definition) is 1. The van der Waals surface area contributed by atoms with Gasteiger partial charge in [-0.05, 0) is 49.4 Å². The van der Waals surface area contributed by atoms with E-state index in [1.54, 1.807) is 7.11 Å². The Balaban J connectivity index is 1.77. The first kappa shape index (κ1) is 13.4. The summed E-state index contributed by atoms with van der Waals surface area (Å²) >= 11 is 0. The predicted molar refractivity (Wildman–Crippen MR) is 76.1 cm³/mol. The molecule has 18 heavy (non-hydrogen) atoms. The van der Waals surface area contributed by atoms with Crippen molar-refractivity contribution in [2.75, 3.05) is 13.7 Å². The molecule has 0 aromatic heterocycles. The molecule has 0 amide bonds. The maximum atomic E-state index is 5.25. The van der Waals surface area contributed by atoms with E-state index in [-0.39, 0.29) is 0 Å². The van der Waals surface area contributed by atoms with Crippen molar-refractivity contribution in [1.82, 2.24) is 5.32 Å². The number of methoxy groups -OCH3 is 1. The Bertz CT molecular complexity index is 364. The van der Waals surface area contributed by atoms with Gasteiger partial charge >= 0.3 is 0 Å². The molecule has 2 atom stereocenters. The number of ether oxygens (including phenoxy) is 1. The molecule has 0 saturated heterocycles. The molecule has 1 N–H and O–H groups in total. The van der Waals surface area contributed by atoms with E-state index in [1.807, 2.05) is 6.07 Å². The van der Waals surface area contributed by atoms with Gasteiger partial charge < -0.3 is 10.1 Å². The molecule has 0 spiro atoms.